The number of anilines is 1. The fourth-order valence-electron chi connectivity index (χ4n) is 6.41. The molecule has 2 aliphatic heterocycles. The number of para-hydroxylation sites is 2. The molecule has 6 nitrogen and oxygen atoms in total. The highest BCUT2D eigenvalue weighted by Crippen LogP contribution is 2.50. The number of phenolic OH excluding ortho intramolecular Hbond substituents is 1. The Hall–Kier alpha value is -4.16. The minimum atomic E-state index is -0.415. The van der Waals surface area contributed by atoms with Crippen LogP contribution < -0.4 is 9.64 Å². The molecule has 3 aromatic rings. The second-order valence-electron chi connectivity index (χ2n) is 10.9. The van der Waals surface area contributed by atoms with Gasteiger partial charge in [-0.2, -0.15) is 0 Å². The number of phenols is 1. The van der Waals surface area contributed by atoms with Crippen molar-refractivity contribution in [2.45, 2.75) is 32.3 Å². The standard InChI is InChI=1S/C34H33NO5/c1-22(18-23-13-15-26(36)16-14-23)12-17-30-31-24(20-39-27-10-6-3-7-11-27)19-28-32(29(31)21-40-30)34(38)35(33(28)37)25-8-4-2-5-9-25/h2-11,13-16,18,28-30,32,36H,12,17,19-21H2,1H3/b22-18+/t28-,29+,30-,32-/m1/s1. The second-order valence-corrected chi connectivity index (χ2v) is 10.9. The van der Waals surface area contributed by atoms with Gasteiger partial charge in [0.25, 0.3) is 0 Å². The number of hydrogen-bond donors (Lipinski definition) is 1. The van der Waals surface area contributed by atoms with Gasteiger partial charge in [0.05, 0.1) is 30.2 Å². The Bertz CT molecular complexity index is 1440. The summed E-state index contributed by atoms with van der Waals surface area (Å²) in [5.74, 6) is -0.190. The fraction of sp³-hybridized carbons (Fsp3) is 0.294. The van der Waals surface area contributed by atoms with E-state index in [0.717, 1.165) is 35.3 Å². The van der Waals surface area contributed by atoms with E-state index < -0.39 is 11.8 Å². The van der Waals surface area contributed by atoms with Gasteiger partial charge in [-0.15, -0.1) is 0 Å². The highest BCUT2D eigenvalue weighted by molar-refractivity contribution is 6.22. The molecule has 6 rings (SSSR count). The van der Waals surface area contributed by atoms with Crippen molar-refractivity contribution < 1.29 is 24.2 Å². The maximum atomic E-state index is 13.7. The number of allylic oxidation sites excluding steroid dienone is 1. The average molecular weight is 536 g/mol. The summed E-state index contributed by atoms with van der Waals surface area (Å²) in [5.41, 5.74) is 5.09. The van der Waals surface area contributed by atoms with Crippen molar-refractivity contribution in [2.75, 3.05) is 18.1 Å². The lowest BCUT2D eigenvalue weighted by atomic mass is 9.69. The van der Waals surface area contributed by atoms with Gasteiger partial charge in [-0.3, -0.25) is 14.5 Å². The summed E-state index contributed by atoms with van der Waals surface area (Å²) in [4.78, 5) is 28.8. The van der Waals surface area contributed by atoms with E-state index in [0.29, 0.717) is 25.3 Å². The molecule has 0 unspecified atom stereocenters. The SMILES string of the molecule is C/C(=C\c1ccc(O)cc1)CC[C@H]1OC[C@H]2C1=C(COc1ccccc1)C[C@H]1C(=O)N(c3ccccc3)C(=O)[C@H]12. The number of rotatable bonds is 8. The van der Waals surface area contributed by atoms with E-state index in [2.05, 4.69) is 13.0 Å². The smallest absolute Gasteiger partial charge is 0.238 e. The summed E-state index contributed by atoms with van der Waals surface area (Å²) < 4.78 is 12.6. The Morgan fingerprint density at radius 1 is 0.950 bits per heavy atom. The molecule has 1 N–H and O–H groups in total. The zero-order valence-corrected chi connectivity index (χ0v) is 22.5. The molecule has 6 heteroatoms. The minimum absolute atomic E-state index is 0.126. The maximum absolute atomic E-state index is 13.7. The van der Waals surface area contributed by atoms with Crippen LogP contribution in [0, 0.1) is 17.8 Å². The van der Waals surface area contributed by atoms with E-state index in [9.17, 15) is 14.7 Å². The van der Waals surface area contributed by atoms with Gasteiger partial charge in [0.15, 0.2) is 0 Å². The summed E-state index contributed by atoms with van der Waals surface area (Å²) >= 11 is 0. The Morgan fingerprint density at radius 3 is 2.38 bits per heavy atom. The van der Waals surface area contributed by atoms with E-state index in [4.69, 9.17) is 9.47 Å². The molecule has 0 bridgehead atoms. The molecule has 0 saturated carbocycles. The number of amides is 2. The molecular formula is C34H33NO5. The number of imide groups is 1. The van der Waals surface area contributed by atoms with Crippen LogP contribution in [0.3, 0.4) is 0 Å². The maximum Gasteiger partial charge on any atom is 0.238 e. The quantitative estimate of drug-likeness (QED) is 0.276. The van der Waals surface area contributed by atoms with E-state index in [1.165, 1.54) is 10.5 Å². The van der Waals surface area contributed by atoms with Gasteiger partial charge >= 0.3 is 0 Å². The van der Waals surface area contributed by atoms with Crippen molar-refractivity contribution in [3.8, 4) is 11.5 Å². The molecule has 0 aromatic heterocycles. The fourth-order valence-corrected chi connectivity index (χ4v) is 6.41. The van der Waals surface area contributed by atoms with E-state index in [1.807, 2.05) is 72.8 Å². The first-order chi connectivity index (χ1) is 19.5. The van der Waals surface area contributed by atoms with Crippen LogP contribution in [0.1, 0.15) is 31.7 Å². The van der Waals surface area contributed by atoms with Gasteiger partial charge in [-0.05, 0) is 79.3 Å². The third-order valence-corrected chi connectivity index (χ3v) is 8.29. The lowest BCUT2D eigenvalue weighted by molar-refractivity contribution is -0.122. The lowest BCUT2D eigenvalue weighted by Crippen LogP contribution is -2.35. The first-order valence-electron chi connectivity index (χ1n) is 13.9. The third kappa shape index (κ3) is 5.07. The van der Waals surface area contributed by atoms with E-state index in [1.54, 1.807) is 12.1 Å². The van der Waals surface area contributed by atoms with E-state index in [-0.39, 0.29) is 29.6 Å². The molecular weight excluding hydrogens is 502 g/mol. The zero-order chi connectivity index (χ0) is 27.6. The predicted octanol–water partition coefficient (Wildman–Crippen LogP) is 6.18. The van der Waals surface area contributed by atoms with Crippen LogP contribution in [0.2, 0.25) is 0 Å². The number of ether oxygens (including phenoxy) is 2. The van der Waals surface area contributed by atoms with E-state index >= 15 is 0 Å². The molecule has 1 aliphatic carbocycles. The number of fused-ring (bicyclic) bond motifs is 3. The third-order valence-electron chi connectivity index (χ3n) is 8.29. The van der Waals surface area contributed by atoms with Crippen molar-refractivity contribution in [1.29, 1.82) is 0 Å². The monoisotopic (exact) mass is 535 g/mol. The molecule has 204 valence electrons. The van der Waals surface area contributed by atoms with Crippen LogP contribution in [0.4, 0.5) is 5.69 Å². The molecule has 40 heavy (non-hydrogen) atoms. The molecule has 3 aliphatic rings. The second kappa shape index (κ2) is 11.1. The average Bonchev–Trinajstić information content (AvgIpc) is 3.51. The van der Waals surface area contributed by atoms with Crippen molar-refractivity contribution in [1.82, 2.24) is 0 Å². The van der Waals surface area contributed by atoms with Gasteiger partial charge in [0.2, 0.25) is 11.8 Å². The Labute approximate surface area is 234 Å². The highest BCUT2D eigenvalue weighted by Gasteiger charge is 2.57. The largest absolute Gasteiger partial charge is 0.508 e. The Balaban J connectivity index is 1.26. The van der Waals surface area contributed by atoms with Gasteiger partial charge in [-0.1, -0.05) is 60.2 Å². The molecule has 2 amide bonds. The Morgan fingerprint density at radius 2 is 1.65 bits per heavy atom. The molecule has 2 saturated heterocycles. The van der Waals surface area contributed by atoms with Crippen LogP contribution in [-0.2, 0) is 14.3 Å². The number of nitrogens with zero attached hydrogens (tertiary/aromatic N) is 1. The number of carbonyl (C=O) groups is 2. The predicted molar refractivity (Wildman–Crippen MR) is 154 cm³/mol. The normalized spacial score (nSPS) is 24.3. The van der Waals surface area contributed by atoms with Crippen LogP contribution in [0.25, 0.3) is 6.08 Å². The van der Waals surface area contributed by atoms with Crippen molar-refractivity contribution >= 4 is 23.6 Å². The summed E-state index contributed by atoms with van der Waals surface area (Å²) in [7, 11) is 0. The lowest BCUT2D eigenvalue weighted by Gasteiger charge is -2.31. The van der Waals surface area contributed by atoms with Crippen molar-refractivity contribution in [3.63, 3.8) is 0 Å². The summed E-state index contributed by atoms with van der Waals surface area (Å²) in [6.07, 6.45) is 4.10. The van der Waals surface area contributed by atoms with Crippen LogP contribution in [0.5, 0.6) is 11.5 Å². The Kier molecular flexibility index (Phi) is 7.27. The van der Waals surface area contributed by atoms with Gasteiger partial charge in [-0.25, -0.2) is 0 Å². The molecule has 2 fully saturated rings. The molecule has 4 atom stereocenters. The molecule has 3 aromatic carbocycles. The highest BCUT2D eigenvalue weighted by atomic mass is 16.5. The van der Waals surface area contributed by atoms with Crippen molar-refractivity contribution in [2.24, 2.45) is 17.8 Å². The van der Waals surface area contributed by atoms with Crippen LogP contribution in [-0.4, -0.2) is 36.2 Å². The summed E-state index contributed by atoms with van der Waals surface area (Å²) in [6, 6.07) is 26.1. The summed E-state index contributed by atoms with van der Waals surface area (Å²) in [6.45, 7) is 2.90. The molecule has 0 radical (unpaired) electrons. The number of hydrogen-bond acceptors (Lipinski definition) is 5. The topological polar surface area (TPSA) is 76.1 Å². The minimum Gasteiger partial charge on any atom is -0.508 e. The first-order valence-corrected chi connectivity index (χ1v) is 13.9. The zero-order valence-electron chi connectivity index (χ0n) is 22.5. The number of aromatic hydroxyl groups is 1. The molecule has 2 heterocycles. The first kappa shape index (κ1) is 26.1. The summed E-state index contributed by atoms with van der Waals surface area (Å²) in [5, 5.41) is 9.57. The van der Waals surface area contributed by atoms with Gasteiger partial charge in [0.1, 0.15) is 18.1 Å². The number of benzene rings is 3. The van der Waals surface area contributed by atoms with Crippen LogP contribution >= 0.6 is 0 Å². The van der Waals surface area contributed by atoms with Crippen molar-refractivity contribution in [3.05, 3.63) is 107 Å². The van der Waals surface area contributed by atoms with Crippen LogP contribution in [0.15, 0.2) is 102 Å². The van der Waals surface area contributed by atoms with Gasteiger partial charge < -0.3 is 14.6 Å². The van der Waals surface area contributed by atoms with Gasteiger partial charge in [0, 0.05) is 5.92 Å². The molecule has 0 spiro atoms. The number of carbonyl (C=O) groups excluding carboxylic acids is 2.